The zero-order chi connectivity index (χ0) is 12.5. The van der Waals surface area contributed by atoms with E-state index in [1.807, 2.05) is 0 Å². The van der Waals surface area contributed by atoms with Gasteiger partial charge in [0.05, 0.1) is 31.5 Å². The van der Waals surface area contributed by atoms with Gasteiger partial charge in [0.2, 0.25) is 0 Å². The minimum absolute atomic E-state index is 0.271. The largest absolute Gasteiger partial charge is 0.387 e. The minimum Gasteiger partial charge on any atom is -0.387 e. The van der Waals surface area contributed by atoms with Crippen LogP contribution in [0, 0.1) is 0 Å². The summed E-state index contributed by atoms with van der Waals surface area (Å²) in [7, 11) is 0. The molecular weight excluding hydrogens is 232 g/mol. The third kappa shape index (κ3) is 2.72. The predicted octanol–water partition coefficient (Wildman–Crippen LogP) is 1.99. The van der Waals surface area contributed by atoms with Crippen LogP contribution in [0.2, 0.25) is 0 Å². The number of hydrogen-bond acceptors (Lipinski definition) is 4. The molecule has 1 N–H and O–H groups in total. The Bertz CT molecular complexity index is 270. The maximum absolute atomic E-state index is 10.3. The molecule has 0 aromatic heterocycles. The fourth-order valence-electron chi connectivity index (χ4n) is 3.43. The third-order valence-electron chi connectivity index (χ3n) is 4.63. The van der Waals surface area contributed by atoms with E-state index in [-0.39, 0.29) is 11.9 Å². The number of rotatable bonds is 3. The molecule has 0 amide bonds. The Kier molecular flexibility index (Phi) is 3.63. The molecule has 1 saturated heterocycles. The van der Waals surface area contributed by atoms with Crippen LogP contribution in [0.3, 0.4) is 0 Å². The van der Waals surface area contributed by atoms with E-state index in [1.165, 1.54) is 0 Å². The molecule has 3 fully saturated rings. The highest BCUT2D eigenvalue weighted by Gasteiger charge is 2.41. The number of ether oxygens (including phenoxy) is 3. The Morgan fingerprint density at radius 3 is 2.22 bits per heavy atom. The molecule has 2 aliphatic carbocycles. The Balaban J connectivity index is 1.43. The molecule has 104 valence electrons. The molecule has 0 aromatic carbocycles. The van der Waals surface area contributed by atoms with Gasteiger partial charge in [0, 0.05) is 12.8 Å². The number of hydrogen-bond donors (Lipinski definition) is 1. The second-order valence-corrected chi connectivity index (χ2v) is 6.05. The van der Waals surface area contributed by atoms with E-state index in [4.69, 9.17) is 14.2 Å². The maximum atomic E-state index is 10.3. The van der Waals surface area contributed by atoms with Crippen molar-refractivity contribution in [2.24, 2.45) is 0 Å². The summed E-state index contributed by atoms with van der Waals surface area (Å²) in [5.41, 5.74) is -0.546. The molecule has 3 aliphatic rings. The highest BCUT2D eigenvalue weighted by atomic mass is 16.7. The summed E-state index contributed by atoms with van der Waals surface area (Å²) in [4.78, 5) is 0. The Hall–Kier alpha value is -0.160. The monoisotopic (exact) mass is 256 g/mol. The summed E-state index contributed by atoms with van der Waals surface area (Å²) in [6.45, 7) is 1.96. The van der Waals surface area contributed by atoms with Crippen LogP contribution < -0.4 is 0 Å². The lowest BCUT2D eigenvalue weighted by molar-refractivity contribution is -0.195. The van der Waals surface area contributed by atoms with Crippen molar-refractivity contribution in [3.63, 3.8) is 0 Å². The number of aliphatic hydroxyl groups is 1. The molecule has 4 heteroatoms. The van der Waals surface area contributed by atoms with Crippen molar-refractivity contribution in [1.82, 2.24) is 0 Å². The van der Waals surface area contributed by atoms with Crippen LogP contribution in [-0.4, -0.2) is 42.4 Å². The van der Waals surface area contributed by atoms with Crippen LogP contribution in [-0.2, 0) is 14.2 Å². The highest BCUT2D eigenvalue weighted by molar-refractivity contribution is 4.86. The molecule has 2 saturated carbocycles. The molecule has 0 radical (unpaired) electrons. The summed E-state index contributed by atoms with van der Waals surface area (Å²) in [6.07, 6.45) is 8.16. The molecule has 4 nitrogen and oxygen atoms in total. The second-order valence-electron chi connectivity index (χ2n) is 6.05. The van der Waals surface area contributed by atoms with Crippen LogP contribution in [0.1, 0.15) is 51.4 Å². The van der Waals surface area contributed by atoms with Crippen LogP contribution in [0.25, 0.3) is 0 Å². The van der Waals surface area contributed by atoms with Gasteiger partial charge in [-0.15, -0.1) is 0 Å². The first kappa shape index (κ1) is 12.9. The molecule has 18 heavy (non-hydrogen) atoms. The van der Waals surface area contributed by atoms with E-state index in [1.54, 1.807) is 0 Å². The predicted molar refractivity (Wildman–Crippen MR) is 66.3 cm³/mol. The summed E-state index contributed by atoms with van der Waals surface area (Å²) in [6, 6.07) is 0. The lowest BCUT2D eigenvalue weighted by Gasteiger charge is -2.36. The molecule has 1 spiro atoms. The molecule has 3 rings (SSSR count). The van der Waals surface area contributed by atoms with Crippen molar-refractivity contribution in [3.8, 4) is 0 Å². The molecule has 1 aliphatic heterocycles. The van der Waals surface area contributed by atoms with Gasteiger partial charge in [-0.05, 0) is 25.7 Å². The first-order valence-electron chi connectivity index (χ1n) is 7.32. The average Bonchev–Trinajstić information content (AvgIpc) is 3.00. The van der Waals surface area contributed by atoms with Crippen molar-refractivity contribution in [2.75, 3.05) is 19.8 Å². The van der Waals surface area contributed by atoms with Crippen molar-refractivity contribution in [2.45, 2.75) is 68.9 Å². The van der Waals surface area contributed by atoms with Gasteiger partial charge in [-0.2, -0.15) is 0 Å². The van der Waals surface area contributed by atoms with Crippen LogP contribution in [0.4, 0.5) is 0 Å². The average molecular weight is 256 g/mol. The second kappa shape index (κ2) is 5.08. The molecule has 0 unspecified atom stereocenters. The van der Waals surface area contributed by atoms with E-state index in [2.05, 4.69) is 0 Å². The molecular formula is C14H24O4. The van der Waals surface area contributed by atoms with Crippen molar-refractivity contribution < 1.29 is 19.3 Å². The van der Waals surface area contributed by atoms with Crippen LogP contribution in [0.5, 0.6) is 0 Å². The highest BCUT2D eigenvalue weighted by Crippen LogP contribution is 2.37. The van der Waals surface area contributed by atoms with E-state index in [0.717, 1.165) is 64.6 Å². The maximum Gasteiger partial charge on any atom is 0.168 e. The fraction of sp³-hybridized carbons (Fsp3) is 1.00. The van der Waals surface area contributed by atoms with Gasteiger partial charge < -0.3 is 19.3 Å². The topological polar surface area (TPSA) is 47.9 Å². The zero-order valence-electron chi connectivity index (χ0n) is 11.0. The van der Waals surface area contributed by atoms with E-state index < -0.39 is 5.60 Å². The summed E-state index contributed by atoms with van der Waals surface area (Å²) in [5, 5.41) is 10.3. The summed E-state index contributed by atoms with van der Waals surface area (Å²) in [5.74, 6) is -0.301. The first-order valence-corrected chi connectivity index (χ1v) is 7.32. The van der Waals surface area contributed by atoms with E-state index >= 15 is 0 Å². The Morgan fingerprint density at radius 1 is 1.00 bits per heavy atom. The van der Waals surface area contributed by atoms with E-state index in [0.29, 0.717) is 6.61 Å². The van der Waals surface area contributed by atoms with Crippen molar-refractivity contribution in [1.29, 1.82) is 0 Å². The molecule has 0 atom stereocenters. The lowest BCUT2D eigenvalue weighted by atomic mass is 9.91. The van der Waals surface area contributed by atoms with Gasteiger partial charge in [0.1, 0.15) is 0 Å². The minimum atomic E-state index is -0.546. The molecule has 1 heterocycles. The smallest absolute Gasteiger partial charge is 0.168 e. The van der Waals surface area contributed by atoms with Gasteiger partial charge in [-0.25, -0.2) is 0 Å². The normalized spacial score (nSPS) is 31.2. The summed E-state index contributed by atoms with van der Waals surface area (Å²) >= 11 is 0. The van der Waals surface area contributed by atoms with Gasteiger partial charge in [0.25, 0.3) is 0 Å². The van der Waals surface area contributed by atoms with Crippen molar-refractivity contribution >= 4 is 0 Å². The molecule has 0 bridgehead atoms. The fourth-order valence-corrected chi connectivity index (χ4v) is 3.43. The Morgan fingerprint density at radius 2 is 1.61 bits per heavy atom. The quantitative estimate of drug-likeness (QED) is 0.839. The zero-order valence-corrected chi connectivity index (χ0v) is 11.0. The molecule has 0 aromatic rings. The van der Waals surface area contributed by atoms with Gasteiger partial charge in [0.15, 0.2) is 5.79 Å². The lowest BCUT2D eigenvalue weighted by Crippen LogP contribution is -2.40. The SMILES string of the molecule is OC1(COC2CCC3(CC2)OCCO3)CCCC1. The van der Waals surface area contributed by atoms with Crippen LogP contribution >= 0.6 is 0 Å². The van der Waals surface area contributed by atoms with E-state index in [9.17, 15) is 5.11 Å². The standard InChI is InChI=1S/C14H24O4/c15-13(5-1-2-6-13)11-16-12-3-7-14(8-4-12)17-9-10-18-14/h12,15H,1-11H2. The van der Waals surface area contributed by atoms with Gasteiger partial charge >= 0.3 is 0 Å². The third-order valence-corrected chi connectivity index (χ3v) is 4.63. The van der Waals surface area contributed by atoms with Crippen LogP contribution in [0.15, 0.2) is 0 Å². The van der Waals surface area contributed by atoms with Gasteiger partial charge in [-0.1, -0.05) is 12.8 Å². The summed E-state index contributed by atoms with van der Waals surface area (Å²) < 4.78 is 17.3. The Labute approximate surface area is 109 Å². The first-order chi connectivity index (χ1) is 8.70. The van der Waals surface area contributed by atoms with Gasteiger partial charge in [-0.3, -0.25) is 0 Å². The van der Waals surface area contributed by atoms with Crippen molar-refractivity contribution in [3.05, 3.63) is 0 Å².